The number of aromatic nitrogens is 4. The number of hydrogen-bond acceptors (Lipinski definition) is 6. The number of β-amino-alcohol motifs (C(OH)–C–C–N with tert-alkyl or cyclic N) is 1. The molecule has 1 aliphatic rings. The van der Waals surface area contributed by atoms with Crippen LogP contribution in [0, 0.1) is 6.92 Å². The smallest absolute Gasteiger partial charge is 0.250 e. The van der Waals surface area contributed by atoms with Gasteiger partial charge in [0.25, 0.3) is 0 Å². The van der Waals surface area contributed by atoms with Crippen molar-refractivity contribution in [1.29, 1.82) is 0 Å². The molecular weight excluding hydrogens is 280 g/mol. The zero-order valence-corrected chi connectivity index (χ0v) is 13.1. The predicted octanol–water partition coefficient (Wildman–Crippen LogP) is 0.474. The summed E-state index contributed by atoms with van der Waals surface area (Å²) in [5.41, 5.74) is 2.18. The van der Waals surface area contributed by atoms with Gasteiger partial charge in [-0.2, -0.15) is 4.68 Å². The molecule has 1 saturated heterocycles. The number of tetrazole rings is 1. The van der Waals surface area contributed by atoms with Crippen molar-refractivity contribution in [3.8, 4) is 5.69 Å². The minimum absolute atomic E-state index is 0.288. The van der Waals surface area contributed by atoms with Crippen LogP contribution in [-0.4, -0.2) is 69.0 Å². The molecule has 1 N–H and O–H groups in total. The Labute approximate surface area is 130 Å². The largest absolute Gasteiger partial charge is 0.392 e. The van der Waals surface area contributed by atoms with E-state index in [0.29, 0.717) is 0 Å². The zero-order chi connectivity index (χ0) is 15.5. The Morgan fingerprint density at radius 3 is 2.45 bits per heavy atom. The first-order valence-corrected chi connectivity index (χ1v) is 7.64. The fourth-order valence-electron chi connectivity index (χ4n) is 2.74. The average Bonchev–Trinajstić information content (AvgIpc) is 2.97. The van der Waals surface area contributed by atoms with E-state index in [2.05, 4.69) is 44.4 Å². The molecule has 7 nitrogen and oxygen atoms in total. The van der Waals surface area contributed by atoms with Gasteiger partial charge in [-0.15, -0.1) is 0 Å². The maximum absolute atomic E-state index is 9.48. The molecule has 0 spiro atoms. The Kier molecular flexibility index (Phi) is 4.35. The summed E-state index contributed by atoms with van der Waals surface area (Å²) in [6.45, 7) is 8.14. The number of aryl methyl sites for hydroxylation is 1. The lowest BCUT2D eigenvalue weighted by molar-refractivity contribution is 0.122. The first-order chi connectivity index (χ1) is 10.6. The molecule has 0 saturated carbocycles. The van der Waals surface area contributed by atoms with Crippen molar-refractivity contribution >= 4 is 5.95 Å². The Morgan fingerprint density at radius 1 is 1.14 bits per heavy atom. The number of benzene rings is 1. The number of nitrogens with zero attached hydrogens (tertiary/aromatic N) is 6. The predicted molar refractivity (Wildman–Crippen MR) is 84.2 cm³/mol. The van der Waals surface area contributed by atoms with Gasteiger partial charge in [0, 0.05) is 32.7 Å². The minimum Gasteiger partial charge on any atom is -0.392 e. The molecule has 0 aliphatic carbocycles. The van der Waals surface area contributed by atoms with E-state index in [-0.39, 0.29) is 6.10 Å². The lowest BCUT2D eigenvalue weighted by Crippen LogP contribution is -2.49. The van der Waals surface area contributed by atoms with E-state index in [0.717, 1.165) is 44.4 Å². The maximum atomic E-state index is 9.48. The normalized spacial score (nSPS) is 17.7. The first kappa shape index (κ1) is 14.9. The molecule has 1 fully saturated rings. The minimum atomic E-state index is -0.288. The molecule has 1 aromatic carbocycles. The van der Waals surface area contributed by atoms with Gasteiger partial charge in [-0.25, -0.2) is 0 Å². The standard InChI is InChI=1S/C15H22N6O/c1-12-3-5-14(6-4-12)21-15(16-17-18-21)20-9-7-19(8-10-20)11-13(2)22/h3-6,13,22H,7-11H2,1-2H3/t13-/m1/s1. The fourth-order valence-corrected chi connectivity index (χ4v) is 2.74. The third-order valence-electron chi connectivity index (χ3n) is 3.91. The average molecular weight is 302 g/mol. The Bertz CT molecular complexity index is 601. The second-order valence-corrected chi connectivity index (χ2v) is 5.86. The van der Waals surface area contributed by atoms with E-state index in [9.17, 15) is 5.11 Å². The SMILES string of the molecule is Cc1ccc(-n2nnnc2N2CCN(C[C@@H](C)O)CC2)cc1. The van der Waals surface area contributed by atoms with Crippen LogP contribution < -0.4 is 4.90 Å². The van der Waals surface area contributed by atoms with Gasteiger partial charge in [-0.3, -0.25) is 4.90 Å². The zero-order valence-electron chi connectivity index (χ0n) is 13.1. The molecule has 1 atom stereocenters. The van der Waals surface area contributed by atoms with Gasteiger partial charge < -0.3 is 10.0 Å². The summed E-state index contributed by atoms with van der Waals surface area (Å²) in [6, 6.07) is 8.17. The highest BCUT2D eigenvalue weighted by Crippen LogP contribution is 2.17. The second-order valence-electron chi connectivity index (χ2n) is 5.86. The summed E-state index contributed by atoms with van der Waals surface area (Å²) < 4.78 is 1.78. The Morgan fingerprint density at radius 2 is 1.82 bits per heavy atom. The van der Waals surface area contributed by atoms with Gasteiger partial charge in [0.2, 0.25) is 5.95 Å². The van der Waals surface area contributed by atoms with Crippen LogP contribution in [0.15, 0.2) is 24.3 Å². The lowest BCUT2D eigenvalue weighted by atomic mass is 10.2. The summed E-state index contributed by atoms with van der Waals surface area (Å²) in [5.74, 6) is 0.778. The van der Waals surface area contributed by atoms with Crippen LogP contribution in [-0.2, 0) is 0 Å². The molecule has 0 radical (unpaired) electrons. The van der Waals surface area contributed by atoms with Crippen LogP contribution in [0.5, 0.6) is 0 Å². The number of rotatable bonds is 4. The third-order valence-corrected chi connectivity index (χ3v) is 3.91. The molecule has 2 heterocycles. The van der Waals surface area contributed by atoms with Crippen molar-refractivity contribution in [3.63, 3.8) is 0 Å². The highest BCUT2D eigenvalue weighted by Gasteiger charge is 2.22. The van der Waals surface area contributed by atoms with Crippen molar-refractivity contribution in [1.82, 2.24) is 25.1 Å². The third kappa shape index (κ3) is 3.26. The summed E-state index contributed by atoms with van der Waals surface area (Å²) in [6.07, 6.45) is -0.288. The quantitative estimate of drug-likeness (QED) is 0.885. The molecule has 0 amide bonds. The summed E-state index contributed by atoms with van der Waals surface area (Å²) in [5, 5.41) is 21.6. The molecule has 7 heteroatoms. The van der Waals surface area contributed by atoms with Crippen molar-refractivity contribution < 1.29 is 5.11 Å². The van der Waals surface area contributed by atoms with Crippen LogP contribution in [0.2, 0.25) is 0 Å². The van der Waals surface area contributed by atoms with Crippen LogP contribution in [0.4, 0.5) is 5.95 Å². The van der Waals surface area contributed by atoms with Crippen molar-refractivity contribution in [2.45, 2.75) is 20.0 Å². The highest BCUT2D eigenvalue weighted by atomic mass is 16.3. The maximum Gasteiger partial charge on any atom is 0.250 e. The molecule has 1 aliphatic heterocycles. The highest BCUT2D eigenvalue weighted by molar-refractivity contribution is 5.42. The van der Waals surface area contributed by atoms with Crippen LogP contribution >= 0.6 is 0 Å². The van der Waals surface area contributed by atoms with Crippen molar-refractivity contribution in [2.75, 3.05) is 37.6 Å². The van der Waals surface area contributed by atoms with Crippen LogP contribution in [0.25, 0.3) is 5.69 Å². The number of anilines is 1. The van der Waals surface area contributed by atoms with Gasteiger partial charge in [0.15, 0.2) is 0 Å². The Hall–Kier alpha value is -1.99. The summed E-state index contributed by atoms with van der Waals surface area (Å²) in [4.78, 5) is 4.46. The van der Waals surface area contributed by atoms with Gasteiger partial charge >= 0.3 is 0 Å². The molecule has 0 bridgehead atoms. The molecular formula is C15H22N6O. The topological polar surface area (TPSA) is 70.3 Å². The van der Waals surface area contributed by atoms with E-state index >= 15 is 0 Å². The molecule has 3 rings (SSSR count). The number of aliphatic hydroxyl groups excluding tert-OH is 1. The van der Waals surface area contributed by atoms with Crippen molar-refractivity contribution in [2.24, 2.45) is 0 Å². The fraction of sp³-hybridized carbons (Fsp3) is 0.533. The molecule has 1 aromatic heterocycles. The van der Waals surface area contributed by atoms with Gasteiger partial charge in [-0.1, -0.05) is 22.8 Å². The summed E-state index contributed by atoms with van der Waals surface area (Å²) in [7, 11) is 0. The number of hydrogen-bond donors (Lipinski definition) is 1. The molecule has 2 aromatic rings. The second kappa shape index (κ2) is 6.41. The van der Waals surface area contributed by atoms with E-state index in [4.69, 9.17) is 0 Å². The van der Waals surface area contributed by atoms with Gasteiger partial charge in [0.1, 0.15) is 0 Å². The first-order valence-electron chi connectivity index (χ1n) is 7.64. The number of piperazine rings is 1. The van der Waals surface area contributed by atoms with E-state index in [1.54, 1.807) is 4.68 Å². The Balaban J connectivity index is 1.72. The summed E-state index contributed by atoms with van der Waals surface area (Å²) >= 11 is 0. The van der Waals surface area contributed by atoms with Crippen LogP contribution in [0.3, 0.4) is 0 Å². The lowest BCUT2D eigenvalue weighted by Gasteiger charge is -2.35. The van der Waals surface area contributed by atoms with Gasteiger partial charge in [-0.05, 0) is 36.4 Å². The number of aliphatic hydroxyl groups is 1. The van der Waals surface area contributed by atoms with Gasteiger partial charge in [0.05, 0.1) is 11.8 Å². The van der Waals surface area contributed by atoms with E-state index < -0.39 is 0 Å². The molecule has 0 unspecified atom stereocenters. The van der Waals surface area contributed by atoms with E-state index in [1.165, 1.54) is 5.56 Å². The van der Waals surface area contributed by atoms with Crippen LogP contribution in [0.1, 0.15) is 12.5 Å². The van der Waals surface area contributed by atoms with E-state index in [1.807, 2.05) is 19.1 Å². The van der Waals surface area contributed by atoms with Crippen molar-refractivity contribution in [3.05, 3.63) is 29.8 Å². The monoisotopic (exact) mass is 302 g/mol. The molecule has 22 heavy (non-hydrogen) atoms. The molecule has 118 valence electrons.